The summed E-state index contributed by atoms with van der Waals surface area (Å²) in [5.74, 6) is 0.713. The first-order valence-corrected chi connectivity index (χ1v) is 15.5. The SMILES string of the molecule is Cc1ccc(OC(C)C(=O)Nc2ccc(N3N=C(COc4ccccc4)C(n4nc(C)c(Cc5ccccc5)n4)C3=O)cc2)c(C)c1. The summed E-state index contributed by atoms with van der Waals surface area (Å²) in [5, 5.41) is 18.3. The van der Waals surface area contributed by atoms with Crippen LogP contribution in [0.25, 0.3) is 0 Å². The van der Waals surface area contributed by atoms with Gasteiger partial charge in [-0.2, -0.15) is 25.1 Å². The molecule has 0 fully saturated rings. The number of carbonyl (C=O) groups is 2. The second-order valence-electron chi connectivity index (χ2n) is 11.5. The molecule has 0 aliphatic carbocycles. The number of amides is 2. The molecule has 0 saturated heterocycles. The summed E-state index contributed by atoms with van der Waals surface area (Å²) in [6.07, 6.45) is -0.128. The number of hydrogen-bond donors (Lipinski definition) is 1. The molecule has 47 heavy (non-hydrogen) atoms. The zero-order valence-corrected chi connectivity index (χ0v) is 26.8. The molecule has 2 amide bonds. The highest BCUT2D eigenvalue weighted by atomic mass is 16.5. The van der Waals surface area contributed by atoms with Crippen LogP contribution in [0.15, 0.2) is 108 Å². The number of benzene rings is 4. The van der Waals surface area contributed by atoms with Crippen molar-refractivity contribution in [2.75, 3.05) is 16.9 Å². The van der Waals surface area contributed by atoms with Gasteiger partial charge < -0.3 is 14.8 Å². The minimum absolute atomic E-state index is 0.0675. The molecule has 2 unspecified atom stereocenters. The maximum absolute atomic E-state index is 13.9. The Labute approximate surface area is 273 Å². The number of aromatic nitrogens is 3. The summed E-state index contributed by atoms with van der Waals surface area (Å²) >= 11 is 0. The number of hydrogen-bond acceptors (Lipinski definition) is 7. The Balaban J connectivity index is 1.19. The number of carbonyl (C=O) groups excluding carboxylic acids is 2. The monoisotopic (exact) mass is 628 g/mol. The van der Waals surface area contributed by atoms with Gasteiger partial charge in [0.05, 0.1) is 17.1 Å². The lowest BCUT2D eigenvalue weighted by atomic mass is 10.1. The highest BCUT2D eigenvalue weighted by Crippen LogP contribution is 2.29. The smallest absolute Gasteiger partial charge is 0.280 e. The van der Waals surface area contributed by atoms with E-state index in [1.165, 1.54) is 9.81 Å². The maximum atomic E-state index is 13.9. The third kappa shape index (κ3) is 7.22. The van der Waals surface area contributed by atoms with E-state index in [0.717, 1.165) is 28.1 Å². The van der Waals surface area contributed by atoms with E-state index in [0.29, 0.717) is 35.0 Å². The Morgan fingerprint density at radius 1 is 0.894 bits per heavy atom. The summed E-state index contributed by atoms with van der Waals surface area (Å²) in [7, 11) is 0. The predicted molar refractivity (Wildman–Crippen MR) is 181 cm³/mol. The number of aryl methyl sites for hydroxylation is 3. The number of para-hydroxylation sites is 1. The number of hydrazone groups is 1. The maximum Gasteiger partial charge on any atom is 0.280 e. The number of ether oxygens (including phenoxy) is 2. The lowest BCUT2D eigenvalue weighted by Crippen LogP contribution is -2.33. The summed E-state index contributed by atoms with van der Waals surface area (Å²) < 4.78 is 11.9. The van der Waals surface area contributed by atoms with Crippen molar-refractivity contribution in [2.24, 2.45) is 5.10 Å². The van der Waals surface area contributed by atoms with Gasteiger partial charge >= 0.3 is 0 Å². The molecule has 10 heteroatoms. The highest BCUT2D eigenvalue weighted by molar-refractivity contribution is 6.17. The average Bonchev–Trinajstić information content (AvgIpc) is 3.60. The van der Waals surface area contributed by atoms with E-state index in [2.05, 4.69) is 15.5 Å². The Bertz CT molecular complexity index is 1900. The topological polar surface area (TPSA) is 111 Å². The van der Waals surface area contributed by atoms with E-state index in [1.54, 1.807) is 31.2 Å². The van der Waals surface area contributed by atoms with Crippen molar-refractivity contribution in [2.45, 2.75) is 46.3 Å². The first-order valence-electron chi connectivity index (χ1n) is 15.5. The van der Waals surface area contributed by atoms with Gasteiger partial charge in [0.1, 0.15) is 23.8 Å². The fourth-order valence-electron chi connectivity index (χ4n) is 5.29. The summed E-state index contributed by atoms with van der Waals surface area (Å²) in [6, 6.07) is 31.2. The first-order chi connectivity index (χ1) is 22.7. The number of anilines is 2. The normalized spacial score (nSPS) is 14.9. The van der Waals surface area contributed by atoms with Crippen molar-refractivity contribution in [3.05, 3.63) is 131 Å². The second-order valence-corrected chi connectivity index (χ2v) is 11.5. The van der Waals surface area contributed by atoms with Crippen molar-refractivity contribution in [1.82, 2.24) is 15.0 Å². The molecular weight excluding hydrogens is 592 g/mol. The van der Waals surface area contributed by atoms with E-state index in [9.17, 15) is 9.59 Å². The highest BCUT2D eigenvalue weighted by Gasteiger charge is 2.40. The van der Waals surface area contributed by atoms with Gasteiger partial charge in [-0.3, -0.25) is 9.59 Å². The van der Waals surface area contributed by atoms with E-state index in [-0.39, 0.29) is 18.4 Å². The molecule has 4 aromatic carbocycles. The predicted octanol–water partition coefficient (Wildman–Crippen LogP) is 6.22. The van der Waals surface area contributed by atoms with E-state index < -0.39 is 12.1 Å². The summed E-state index contributed by atoms with van der Waals surface area (Å²) in [6.45, 7) is 7.62. The first kappa shape index (κ1) is 31.2. The minimum Gasteiger partial charge on any atom is -0.487 e. The quantitative estimate of drug-likeness (QED) is 0.186. The molecule has 10 nitrogen and oxygen atoms in total. The zero-order chi connectivity index (χ0) is 32.9. The van der Waals surface area contributed by atoms with Gasteiger partial charge in [-0.25, -0.2) is 0 Å². The van der Waals surface area contributed by atoms with Crippen LogP contribution in [-0.4, -0.2) is 45.2 Å². The van der Waals surface area contributed by atoms with Crippen molar-refractivity contribution in [1.29, 1.82) is 0 Å². The third-order valence-corrected chi connectivity index (χ3v) is 7.84. The van der Waals surface area contributed by atoms with Crippen LogP contribution in [0.3, 0.4) is 0 Å². The minimum atomic E-state index is -0.885. The molecule has 1 N–H and O–H groups in total. The largest absolute Gasteiger partial charge is 0.487 e. The molecule has 2 heterocycles. The molecule has 5 aromatic rings. The fraction of sp³-hybridized carbons (Fsp3) is 0.216. The Morgan fingerprint density at radius 2 is 1.60 bits per heavy atom. The third-order valence-electron chi connectivity index (χ3n) is 7.84. The lowest BCUT2D eigenvalue weighted by Gasteiger charge is -2.17. The van der Waals surface area contributed by atoms with Gasteiger partial charge in [-0.05, 0) is 81.3 Å². The Hall–Kier alpha value is -5.77. The Kier molecular flexibility index (Phi) is 9.10. The van der Waals surface area contributed by atoms with Crippen LogP contribution in [-0.2, 0) is 16.0 Å². The molecule has 2 atom stereocenters. The molecule has 0 saturated carbocycles. The van der Waals surface area contributed by atoms with Gasteiger partial charge in [0, 0.05) is 12.1 Å². The van der Waals surface area contributed by atoms with Gasteiger partial charge in [-0.15, -0.1) is 0 Å². The molecule has 1 aliphatic heterocycles. The van der Waals surface area contributed by atoms with Crippen LogP contribution in [0.2, 0.25) is 0 Å². The van der Waals surface area contributed by atoms with Crippen molar-refractivity contribution in [3.63, 3.8) is 0 Å². The van der Waals surface area contributed by atoms with Gasteiger partial charge in [-0.1, -0.05) is 66.2 Å². The van der Waals surface area contributed by atoms with Crippen molar-refractivity contribution >= 4 is 28.9 Å². The fourth-order valence-corrected chi connectivity index (χ4v) is 5.29. The molecular formula is C37H36N6O4. The van der Waals surface area contributed by atoms with Crippen LogP contribution >= 0.6 is 0 Å². The second kappa shape index (κ2) is 13.7. The summed E-state index contributed by atoms with van der Waals surface area (Å²) in [5.41, 5.74) is 6.26. The van der Waals surface area contributed by atoms with E-state index in [4.69, 9.17) is 14.6 Å². The van der Waals surface area contributed by atoms with Gasteiger partial charge in [0.2, 0.25) is 0 Å². The molecule has 1 aliphatic rings. The van der Waals surface area contributed by atoms with Crippen molar-refractivity contribution in [3.8, 4) is 11.5 Å². The molecule has 6 rings (SSSR count). The standard InChI is InChI=1S/C37H36N6O4/c1-24-15-20-34(25(2)21-24)47-27(4)36(44)38-29-16-18-30(19-17-29)42-37(45)35(33(40-42)23-46-31-13-9-6-10-14-31)43-39-26(3)32(41-43)22-28-11-7-5-8-12-28/h5-21,27,35H,22-23H2,1-4H3,(H,38,44). The molecule has 238 valence electrons. The number of nitrogens with zero attached hydrogens (tertiary/aromatic N) is 5. The van der Waals surface area contributed by atoms with Gasteiger partial charge in [0.15, 0.2) is 12.1 Å². The average molecular weight is 629 g/mol. The molecule has 0 bridgehead atoms. The van der Waals surface area contributed by atoms with Crippen molar-refractivity contribution < 1.29 is 19.1 Å². The van der Waals surface area contributed by atoms with Crippen LogP contribution < -0.4 is 19.8 Å². The van der Waals surface area contributed by atoms with E-state index in [1.807, 2.05) is 99.6 Å². The Morgan fingerprint density at radius 3 is 2.30 bits per heavy atom. The molecule has 1 aromatic heterocycles. The summed E-state index contributed by atoms with van der Waals surface area (Å²) in [4.78, 5) is 28.3. The van der Waals surface area contributed by atoms with Crippen LogP contribution in [0.1, 0.15) is 41.0 Å². The van der Waals surface area contributed by atoms with Gasteiger partial charge in [0.25, 0.3) is 11.8 Å². The molecule has 0 radical (unpaired) electrons. The molecule has 0 spiro atoms. The lowest BCUT2D eigenvalue weighted by molar-refractivity contribution is -0.122. The number of rotatable bonds is 11. The van der Waals surface area contributed by atoms with E-state index >= 15 is 0 Å². The zero-order valence-electron chi connectivity index (χ0n) is 26.8. The number of nitrogens with one attached hydrogen (secondary N) is 1. The van der Waals surface area contributed by atoms with Crippen LogP contribution in [0, 0.1) is 20.8 Å². The van der Waals surface area contributed by atoms with Crippen LogP contribution in [0.5, 0.6) is 11.5 Å². The van der Waals surface area contributed by atoms with Crippen LogP contribution in [0.4, 0.5) is 11.4 Å².